The lowest BCUT2D eigenvalue weighted by molar-refractivity contribution is 1.12. The van der Waals surface area contributed by atoms with Crippen LogP contribution in [0.1, 0.15) is 58.6 Å². The average Bonchev–Trinajstić information content (AvgIpc) is 2.56. The summed E-state index contributed by atoms with van der Waals surface area (Å²) >= 11 is 5.55. The van der Waals surface area contributed by atoms with Crippen molar-refractivity contribution in [2.75, 3.05) is 0 Å². The first-order valence-electron chi connectivity index (χ1n) is 8.06. The molecule has 0 saturated carbocycles. The van der Waals surface area contributed by atoms with Crippen molar-refractivity contribution in [3.8, 4) is 0 Å². The zero-order valence-corrected chi connectivity index (χ0v) is 16.5. The van der Waals surface area contributed by atoms with E-state index in [0.717, 1.165) is 17.1 Å². The molecule has 0 aliphatic rings. The predicted molar refractivity (Wildman–Crippen MR) is 102 cm³/mol. The summed E-state index contributed by atoms with van der Waals surface area (Å²) in [4.78, 5) is 8.12. The van der Waals surface area contributed by atoms with Crippen LogP contribution in [0.5, 0.6) is 0 Å². The highest BCUT2D eigenvalue weighted by atomic mass is 35.5. The number of nitrogens with zero attached hydrogens (tertiary/aromatic N) is 2. The van der Waals surface area contributed by atoms with Crippen LogP contribution in [0, 0.1) is 20.8 Å². The van der Waals surface area contributed by atoms with Crippen LogP contribution in [0.4, 0.5) is 0 Å². The van der Waals surface area contributed by atoms with E-state index in [4.69, 9.17) is 11.6 Å². The summed E-state index contributed by atoms with van der Waals surface area (Å²) in [5.74, 6) is 0. The molecule has 0 N–H and O–H groups in total. The van der Waals surface area contributed by atoms with Gasteiger partial charge >= 0.3 is 0 Å². The average molecular weight is 325 g/mol. The molecule has 2 aromatic rings. The fraction of sp³-hybridized carbons (Fsp3) is 0.474. The number of hydrogen-bond donors (Lipinski definition) is 0. The molecule has 0 unspecified atom stereocenters. The first kappa shape index (κ1) is 25.5. The van der Waals surface area contributed by atoms with Gasteiger partial charge < -0.3 is 0 Å². The quantitative estimate of drug-likeness (QED) is 0.531. The molecule has 0 fully saturated rings. The van der Waals surface area contributed by atoms with Crippen LogP contribution < -0.4 is 0 Å². The van der Waals surface area contributed by atoms with Gasteiger partial charge in [0.05, 0.1) is 5.02 Å². The molecule has 2 aromatic heterocycles. The lowest BCUT2D eigenvalue weighted by Gasteiger charge is -1.90. The molecule has 0 aliphatic heterocycles. The summed E-state index contributed by atoms with van der Waals surface area (Å²) < 4.78 is 0. The van der Waals surface area contributed by atoms with E-state index in [1.165, 1.54) is 0 Å². The molecule has 126 valence electrons. The van der Waals surface area contributed by atoms with Gasteiger partial charge in [-0.15, -0.1) is 0 Å². The van der Waals surface area contributed by atoms with Gasteiger partial charge in [0, 0.05) is 23.3 Å². The van der Waals surface area contributed by atoms with E-state index in [2.05, 4.69) is 9.97 Å². The Labute approximate surface area is 143 Å². The maximum absolute atomic E-state index is 5.55. The number of aromatic nitrogens is 2. The van der Waals surface area contributed by atoms with Crippen molar-refractivity contribution in [2.24, 2.45) is 0 Å². The van der Waals surface area contributed by atoms with Crippen molar-refractivity contribution in [1.82, 2.24) is 9.97 Å². The Morgan fingerprint density at radius 2 is 1.14 bits per heavy atom. The molecule has 22 heavy (non-hydrogen) atoms. The molecule has 0 spiro atoms. The van der Waals surface area contributed by atoms with Crippen molar-refractivity contribution < 1.29 is 0 Å². The molecule has 0 aliphatic carbocycles. The summed E-state index contributed by atoms with van der Waals surface area (Å²) in [6.45, 7) is 17.9. The molecular weight excluding hydrogens is 292 g/mol. The Kier molecular flexibility index (Phi) is 22.7. The van der Waals surface area contributed by atoms with E-state index in [0.29, 0.717) is 5.02 Å². The minimum atomic E-state index is 0.690. The van der Waals surface area contributed by atoms with Crippen LogP contribution in [0.2, 0.25) is 5.02 Å². The van der Waals surface area contributed by atoms with Crippen molar-refractivity contribution >= 4 is 11.6 Å². The molecule has 2 nitrogen and oxygen atoms in total. The number of halogens is 1. The van der Waals surface area contributed by atoms with Crippen molar-refractivity contribution in [3.05, 3.63) is 58.6 Å². The Morgan fingerprint density at radius 1 is 0.682 bits per heavy atom. The summed E-state index contributed by atoms with van der Waals surface area (Å²) in [5.41, 5.74) is 3.17. The van der Waals surface area contributed by atoms with E-state index < -0.39 is 0 Å². The molecule has 3 heteroatoms. The van der Waals surface area contributed by atoms with Crippen LogP contribution in [0.15, 0.2) is 36.5 Å². The van der Waals surface area contributed by atoms with Gasteiger partial charge in [0.2, 0.25) is 0 Å². The van der Waals surface area contributed by atoms with E-state index >= 15 is 0 Å². The summed E-state index contributed by atoms with van der Waals surface area (Å²) in [6, 6.07) is 9.70. The highest BCUT2D eigenvalue weighted by Gasteiger charge is 1.83. The summed E-state index contributed by atoms with van der Waals surface area (Å²) in [6.07, 6.45) is 1.64. The van der Waals surface area contributed by atoms with Gasteiger partial charge in [-0.2, -0.15) is 0 Å². The minimum absolute atomic E-state index is 0.690. The second-order valence-electron chi connectivity index (χ2n) is 3.54. The lowest BCUT2D eigenvalue weighted by atomic mass is 10.3. The van der Waals surface area contributed by atoms with Gasteiger partial charge in [0.25, 0.3) is 0 Å². The third-order valence-corrected chi connectivity index (χ3v) is 2.13. The van der Waals surface area contributed by atoms with E-state index in [1.807, 2.05) is 92.6 Å². The Hall–Kier alpha value is -1.41. The second-order valence-corrected chi connectivity index (χ2v) is 3.97. The number of hydrogen-bond acceptors (Lipinski definition) is 2. The van der Waals surface area contributed by atoms with Crippen LogP contribution in [-0.4, -0.2) is 9.97 Å². The minimum Gasteiger partial charge on any atom is -0.260 e. The first-order chi connectivity index (χ1) is 10.6. The SMILES string of the molecule is CC.CC.CC.Cc1ccc(Cl)cn1.Cc1cccc(C)n1. The van der Waals surface area contributed by atoms with E-state index in [-0.39, 0.29) is 0 Å². The zero-order chi connectivity index (χ0) is 18.0. The predicted octanol–water partition coefficient (Wildman–Crippen LogP) is 6.82. The largest absolute Gasteiger partial charge is 0.260 e. The van der Waals surface area contributed by atoms with E-state index in [1.54, 1.807) is 6.20 Å². The number of rotatable bonds is 0. The Morgan fingerprint density at radius 3 is 1.36 bits per heavy atom. The van der Waals surface area contributed by atoms with E-state index in [9.17, 15) is 0 Å². The molecule has 0 amide bonds. The molecular formula is C19H33ClN2. The normalized spacial score (nSPS) is 7.55. The van der Waals surface area contributed by atoms with Gasteiger partial charge in [0.1, 0.15) is 0 Å². The molecule has 0 bridgehead atoms. The third-order valence-electron chi connectivity index (χ3n) is 1.90. The molecule has 0 radical (unpaired) electrons. The monoisotopic (exact) mass is 324 g/mol. The third kappa shape index (κ3) is 16.6. The van der Waals surface area contributed by atoms with Crippen molar-refractivity contribution in [2.45, 2.75) is 62.3 Å². The van der Waals surface area contributed by atoms with Gasteiger partial charge in [0.15, 0.2) is 0 Å². The highest BCUT2D eigenvalue weighted by molar-refractivity contribution is 6.30. The van der Waals surface area contributed by atoms with Crippen molar-refractivity contribution in [1.29, 1.82) is 0 Å². The fourth-order valence-electron chi connectivity index (χ4n) is 1.13. The summed E-state index contributed by atoms with van der Waals surface area (Å²) in [7, 11) is 0. The second kappa shape index (κ2) is 19.6. The lowest BCUT2D eigenvalue weighted by Crippen LogP contribution is -1.81. The summed E-state index contributed by atoms with van der Waals surface area (Å²) in [5, 5.41) is 0.690. The van der Waals surface area contributed by atoms with Gasteiger partial charge in [-0.3, -0.25) is 9.97 Å². The topological polar surface area (TPSA) is 25.8 Å². The van der Waals surface area contributed by atoms with Crippen molar-refractivity contribution in [3.63, 3.8) is 0 Å². The Balaban J connectivity index is -0.000000246. The smallest absolute Gasteiger partial charge is 0.0589 e. The maximum atomic E-state index is 5.55. The number of aryl methyl sites for hydroxylation is 3. The molecule has 0 aromatic carbocycles. The van der Waals surface area contributed by atoms with Crippen LogP contribution in [0.3, 0.4) is 0 Å². The molecule has 2 rings (SSSR count). The molecule has 0 atom stereocenters. The maximum Gasteiger partial charge on any atom is 0.0589 e. The van der Waals surface area contributed by atoms with Gasteiger partial charge in [-0.05, 0) is 45.0 Å². The Bertz CT molecular complexity index is 401. The highest BCUT2D eigenvalue weighted by Crippen LogP contribution is 2.04. The molecule has 2 heterocycles. The fourth-order valence-corrected chi connectivity index (χ4v) is 1.24. The first-order valence-corrected chi connectivity index (χ1v) is 8.44. The van der Waals surface area contributed by atoms with Crippen LogP contribution in [0.25, 0.3) is 0 Å². The standard InChI is InChI=1S/C7H9N.C6H6ClN.3C2H6/c1-6-4-3-5-7(2)8-6;1-5-2-3-6(7)4-8-5;3*1-2/h3-5H,1-2H3;2-4H,1H3;3*1-2H3. The zero-order valence-electron chi connectivity index (χ0n) is 15.7. The van der Waals surface area contributed by atoms with Crippen LogP contribution in [-0.2, 0) is 0 Å². The van der Waals surface area contributed by atoms with Gasteiger partial charge in [-0.25, -0.2) is 0 Å². The van der Waals surface area contributed by atoms with Crippen LogP contribution >= 0.6 is 11.6 Å². The number of pyridine rings is 2. The molecule has 0 saturated heterocycles. The van der Waals surface area contributed by atoms with Gasteiger partial charge in [-0.1, -0.05) is 59.2 Å².